The summed E-state index contributed by atoms with van der Waals surface area (Å²) in [5, 5.41) is 11.8. The topological polar surface area (TPSA) is 67.8 Å². The van der Waals surface area contributed by atoms with Crippen LogP contribution in [0.15, 0.2) is 18.2 Å². The van der Waals surface area contributed by atoms with Crippen molar-refractivity contribution in [3.05, 3.63) is 29.6 Å². The zero-order valence-corrected chi connectivity index (χ0v) is 11.0. The van der Waals surface area contributed by atoms with Crippen LogP contribution in [-0.4, -0.2) is 37.4 Å². The molecule has 0 aliphatic rings. The second-order valence-electron chi connectivity index (χ2n) is 4.06. The van der Waals surface area contributed by atoms with E-state index in [2.05, 4.69) is 5.32 Å². The van der Waals surface area contributed by atoms with Gasteiger partial charge in [0.15, 0.2) is 6.10 Å². The zero-order valence-electron chi connectivity index (χ0n) is 11.0. The lowest BCUT2D eigenvalue weighted by molar-refractivity contribution is -0.144. The lowest BCUT2D eigenvalue weighted by Crippen LogP contribution is -2.23. The predicted octanol–water partition coefficient (Wildman–Crippen LogP) is 1.41. The van der Waals surface area contributed by atoms with Crippen molar-refractivity contribution in [2.24, 2.45) is 0 Å². The molecule has 0 heterocycles. The first-order chi connectivity index (χ1) is 9.02. The fraction of sp³-hybridized carbons (Fsp3) is 0.462. The summed E-state index contributed by atoms with van der Waals surface area (Å²) in [5.74, 6) is -1.35. The van der Waals surface area contributed by atoms with Crippen LogP contribution in [0, 0.1) is 5.82 Å². The molecule has 0 aliphatic carbocycles. The van der Waals surface area contributed by atoms with Gasteiger partial charge < -0.3 is 19.9 Å². The van der Waals surface area contributed by atoms with Gasteiger partial charge in [-0.05, 0) is 24.6 Å². The van der Waals surface area contributed by atoms with Crippen LogP contribution in [0.4, 0.5) is 4.39 Å². The highest BCUT2D eigenvalue weighted by Gasteiger charge is 2.13. The Hall–Kier alpha value is -1.66. The number of aliphatic carboxylic acids is 1. The first kappa shape index (κ1) is 15.4. The number of carboxylic acid groups (broad SMARTS) is 1. The Morgan fingerprint density at radius 2 is 2.21 bits per heavy atom. The molecule has 0 radical (unpaired) electrons. The summed E-state index contributed by atoms with van der Waals surface area (Å²) in [7, 11) is 1.60. The van der Waals surface area contributed by atoms with Crippen LogP contribution >= 0.6 is 0 Å². The van der Waals surface area contributed by atoms with E-state index < -0.39 is 17.9 Å². The molecule has 0 fully saturated rings. The number of hydrogen-bond donors (Lipinski definition) is 2. The van der Waals surface area contributed by atoms with E-state index in [4.69, 9.17) is 14.6 Å². The normalized spacial score (nSPS) is 12.2. The number of carboxylic acids is 1. The van der Waals surface area contributed by atoms with Crippen LogP contribution in [0.3, 0.4) is 0 Å². The van der Waals surface area contributed by atoms with Crippen LogP contribution in [-0.2, 0) is 16.1 Å². The third-order valence-corrected chi connectivity index (χ3v) is 2.40. The molecule has 6 heteroatoms. The van der Waals surface area contributed by atoms with E-state index >= 15 is 0 Å². The van der Waals surface area contributed by atoms with E-state index in [0.717, 1.165) is 6.07 Å². The Balaban J connectivity index is 2.63. The Bertz CT molecular complexity index is 425. The van der Waals surface area contributed by atoms with E-state index in [-0.39, 0.29) is 5.75 Å². The molecule has 0 saturated carbocycles. The van der Waals surface area contributed by atoms with Crippen molar-refractivity contribution in [2.75, 3.05) is 20.3 Å². The average Bonchev–Trinajstić information content (AvgIpc) is 2.34. The van der Waals surface area contributed by atoms with Crippen LogP contribution in [0.1, 0.15) is 12.5 Å². The van der Waals surface area contributed by atoms with Gasteiger partial charge in [0.2, 0.25) is 0 Å². The molecule has 0 bridgehead atoms. The summed E-state index contributed by atoms with van der Waals surface area (Å²) in [5.41, 5.74) is 0.684. The second kappa shape index (κ2) is 7.70. The van der Waals surface area contributed by atoms with E-state index in [1.54, 1.807) is 13.2 Å². The molecule has 19 heavy (non-hydrogen) atoms. The summed E-state index contributed by atoms with van der Waals surface area (Å²) in [4.78, 5) is 10.7. The van der Waals surface area contributed by atoms with Gasteiger partial charge in [0.05, 0.1) is 6.61 Å². The van der Waals surface area contributed by atoms with Crippen molar-refractivity contribution in [3.63, 3.8) is 0 Å². The minimum atomic E-state index is -1.09. The number of benzene rings is 1. The molecule has 5 nitrogen and oxygen atoms in total. The summed E-state index contributed by atoms with van der Waals surface area (Å²) in [6.45, 7) is 3.06. The second-order valence-corrected chi connectivity index (χ2v) is 4.06. The maximum absolute atomic E-state index is 13.4. The van der Waals surface area contributed by atoms with Gasteiger partial charge in [0.1, 0.15) is 11.6 Å². The highest BCUT2D eigenvalue weighted by Crippen LogP contribution is 2.17. The van der Waals surface area contributed by atoms with Crippen molar-refractivity contribution in [2.45, 2.75) is 19.6 Å². The van der Waals surface area contributed by atoms with E-state index in [1.807, 2.05) is 0 Å². The maximum atomic E-state index is 13.4. The SMILES string of the molecule is COCCNCc1cc(F)cc(OC(C)C(=O)O)c1. The van der Waals surface area contributed by atoms with Crippen LogP contribution in [0.2, 0.25) is 0 Å². The Kier molecular flexibility index (Phi) is 6.24. The van der Waals surface area contributed by atoms with Gasteiger partial charge in [-0.25, -0.2) is 9.18 Å². The molecular formula is C13H18FNO4. The molecule has 0 aromatic heterocycles. The van der Waals surface area contributed by atoms with E-state index in [0.29, 0.717) is 25.3 Å². The van der Waals surface area contributed by atoms with Crippen LogP contribution in [0.25, 0.3) is 0 Å². The molecule has 106 valence electrons. The fourth-order valence-corrected chi connectivity index (χ4v) is 1.45. The summed E-state index contributed by atoms with van der Waals surface area (Å²) < 4.78 is 23.4. The molecule has 0 saturated heterocycles. The highest BCUT2D eigenvalue weighted by molar-refractivity contribution is 5.72. The highest BCUT2D eigenvalue weighted by atomic mass is 19.1. The molecule has 1 atom stereocenters. The number of carbonyl (C=O) groups is 1. The van der Waals surface area contributed by atoms with Gasteiger partial charge in [-0.3, -0.25) is 0 Å². The van der Waals surface area contributed by atoms with Crippen molar-refractivity contribution < 1.29 is 23.8 Å². The van der Waals surface area contributed by atoms with Crippen molar-refractivity contribution in [3.8, 4) is 5.75 Å². The quantitative estimate of drug-likeness (QED) is 0.700. The average molecular weight is 271 g/mol. The largest absolute Gasteiger partial charge is 0.479 e. The van der Waals surface area contributed by atoms with Gasteiger partial charge in [-0.2, -0.15) is 0 Å². The van der Waals surface area contributed by atoms with Gasteiger partial charge >= 0.3 is 5.97 Å². The molecule has 1 unspecified atom stereocenters. The molecule has 1 aromatic carbocycles. The summed E-state index contributed by atoms with van der Waals surface area (Å²) in [6.07, 6.45) is -1.02. The Morgan fingerprint density at radius 3 is 2.84 bits per heavy atom. The number of hydrogen-bond acceptors (Lipinski definition) is 4. The number of methoxy groups -OCH3 is 1. The molecule has 1 aromatic rings. The Morgan fingerprint density at radius 1 is 1.47 bits per heavy atom. The zero-order chi connectivity index (χ0) is 14.3. The third-order valence-electron chi connectivity index (χ3n) is 2.40. The molecule has 1 rings (SSSR count). The first-order valence-corrected chi connectivity index (χ1v) is 5.91. The van der Waals surface area contributed by atoms with E-state index in [9.17, 15) is 9.18 Å². The number of nitrogens with one attached hydrogen (secondary N) is 1. The van der Waals surface area contributed by atoms with Gasteiger partial charge in [-0.15, -0.1) is 0 Å². The van der Waals surface area contributed by atoms with Crippen LogP contribution < -0.4 is 10.1 Å². The smallest absolute Gasteiger partial charge is 0.344 e. The first-order valence-electron chi connectivity index (χ1n) is 5.91. The van der Waals surface area contributed by atoms with Crippen molar-refractivity contribution >= 4 is 5.97 Å². The fourth-order valence-electron chi connectivity index (χ4n) is 1.45. The van der Waals surface area contributed by atoms with Gasteiger partial charge in [0.25, 0.3) is 0 Å². The molecule has 0 spiro atoms. The monoisotopic (exact) mass is 271 g/mol. The summed E-state index contributed by atoms with van der Waals surface area (Å²) in [6, 6.07) is 4.15. The lowest BCUT2D eigenvalue weighted by Gasteiger charge is -2.12. The molecular weight excluding hydrogens is 253 g/mol. The van der Waals surface area contributed by atoms with Gasteiger partial charge in [0, 0.05) is 26.3 Å². The van der Waals surface area contributed by atoms with Gasteiger partial charge in [-0.1, -0.05) is 0 Å². The Labute approximate surface area is 111 Å². The molecule has 0 aliphatic heterocycles. The predicted molar refractivity (Wildman–Crippen MR) is 67.7 cm³/mol. The molecule has 0 amide bonds. The maximum Gasteiger partial charge on any atom is 0.344 e. The lowest BCUT2D eigenvalue weighted by atomic mass is 10.2. The standard InChI is InChI=1S/C13H18FNO4/c1-9(13(16)17)19-12-6-10(5-11(14)7-12)8-15-3-4-18-2/h5-7,9,15H,3-4,8H2,1-2H3,(H,16,17). The summed E-state index contributed by atoms with van der Waals surface area (Å²) >= 11 is 0. The van der Waals surface area contributed by atoms with Crippen LogP contribution in [0.5, 0.6) is 5.75 Å². The van der Waals surface area contributed by atoms with Crippen molar-refractivity contribution in [1.29, 1.82) is 0 Å². The number of rotatable bonds is 8. The third kappa shape index (κ3) is 5.67. The van der Waals surface area contributed by atoms with E-state index in [1.165, 1.54) is 13.0 Å². The minimum Gasteiger partial charge on any atom is -0.479 e. The number of ether oxygens (including phenoxy) is 2. The molecule has 2 N–H and O–H groups in total. The van der Waals surface area contributed by atoms with Crippen molar-refractivity contribution in [1.82, 2.24) is 5.32 Å². The number of halogens is 1. The minimum absolute atomic E-state index is 0.207.